The van der Waals surface area contributed by atoms with Crippen LogP contribution < -0.4 is 9.47 Å². The molecule has 29 heavy (non-hydrogen) atoms. The minimum Gasteiger partial charge on any atom is -0.487 e. The summed E-state index contributed by atoms with van der Waals surface area (Å²) in [7, 11) is 0. The van der Waals surface area contributed by atoms with Gasteiger partial charge in [-0.3, -0.25) is 0 Å². The number of benzene rings is 2. The molecule has 4 heteroatoms. The van der Waals surface area contributed by atoms with Gasteiger partial charge in [-0.2, -0.15) is 0 Å². The molecular formula is C25H25FNO2. The first-order valence-electron chi connectivity index (χ1n) is 10.2. The Kier molecular flexibility index (Phi) is 6.40. The summed E-state index contributed by atoms with van der Waals surface area (Å²) in [5, 5.41) is 0. The lowest BCUT2D eigenvalue weighted by Gasteiger charge is -2.21. The van der Waals surface area contributed by atoms with Crippen molar-refractivity contribution in [2.45, 2.75) is 38.7 Å². The summed E-state index contributed by atoms with van der Waals surface area (Å²) in [6.45, 7) is 0.353. The molecule has 0 bridgehead atoms. The quantitative estimate of drug-likeness (QED) is 0.448. The van der Waals surface area contributed by atoms with E-state index in [1.165, 1.54) is 49.8 Å². The van der Waals surface area contributed by atoms with Crippen LogP contribution in [0.4, 0.5) is 4.39 Å². The van der Waals surface area contributed by atoms with Gasteiger partial charge >= 0.3 is 0 Å². The van der Waals surface area contributed by atoms with E-state index in [0.717, 1.165) is 11.4 Å². The van der Waals surface area contributed by atoms with Crippen molar-refractivity contribution >= 4 is 0 Å². The second-order valence-corrected chi connectivity index (χ2v) is 7.45. The zero-order chi connectivity index (χ0) is 19.9. The fraction of sp³-hybridized carbons (Fsp3) is 0.280. The van der Waals surface area contributed by atoms with Crippen molar-refractivity contribution in [1.29, 1.82) is 0 Å². The summed E-state index contributed by atoms with van der Waals surface area (Å²) in [6.07, 6.45) is 9.07. The van der Waals surface area contributed by atoms with Gasteiger partial charge in [-0.25, -0.2) is 9.37 Å². The largest absolute Gasteiger partial charge is 0.487 e. The Bertz CT molecular complexity index is 903. The van der Waals surface area contributed by atoms with E-state index in [4.69, 9.17) is 9.47 Å². The zero-order valence-electron chi connectivity index (χ0n) is 16.4. The fourth-order valence-electron chi connectivity index (χ4n) is 3.62. The van der Waals surface area contributed by atoms with Crippen LogP contribution in [0, 0.1) is 18.2 Å². The van der Waals surface area contributed by atoms with Crippen molar-refractivity contribution in [3.05, 3.63) is 90.2 Å². The third kappa shape index (κ3) is 5.80. The van der Waals surface area contributed by atoms with Crippen molar-refractivity contribution in [1.82, 2.24) is 4.98 Å². The van der Waals surface area contributed by atoms with Crippen molar-refractivity contribution < 1.29 is 13.9 Å². The number of pyridine rings is 1. The van der Waals surface area contributed by atoms with Crippen LogP contribution in [0.5, 0.6) is 17.4 Å². The Morgan fingerprint density at radius 3 is 2.34 bits per heavy atom. The summed E-state index contributed by atoms with van der Waals surface area (Å²) in [6, 6.07) is 19.6. The molecule has 0 N–H and O–H groups in total. The number of hydrogen-bond acceptors (Lipinski definition) is 3. The molecule has 0 atom stereocenters. The van der Waals surface area contributed by atoms with E-state index in [2.05, 4.69) is 23.5 Å². The first-order valence-corrected chi connectivity index (χ1v) is 10.2. The van der Waals surface area contributed by atoms with Gasteiger partial charge in [0.25, 0.3) is 0 Å². The Morgan fingerprint density at radius 1 is 0.862 bits per heavy atom. The number of ether oxygens (including phenoxy) is 2. The van der Waals surface area contributed by atoms with Gasteiger partial charge in [-0.1, -0.05) is 37.5 Å². The SMILES string of the molecule is Fc1ccc(Oc2cccc(COc3ccc([CH]C4CCCCC4)cc3)n2)cc1. The average Bonchev–Trinajstić information content (AvgIpc) is 2.76. The summed E-state index contributed by atoms with van der Waals surface area (Å²) in [4.78, 5) is 4.45. The highest BCUT2D eigenvalue weighted by Crippen LogP contribution is 2.29. The summed E-state index contributed by atoms with van der Waals surface area (Å²) >= 11 is 0. The number of halogens is 1. The normalized spacial score (nSPS) is 14.5. The average molecular weight is 390 g/mol. The van der Waals surface area contributed by atoms with E-state index < -0.39 is 0 Å². The third-order valence-corrected chi connectivity index (χ3v) is 5.16. The van der Waals surface area contributed by atoms with Gasteiger partial charge in [0.05, 0.1) is 5.69 Å². The topological polar surface area (TPSA) is 31.4 Å². The van der Waals surface area contributed by atoms with E-state index in [1.54, 1.807) is 18.2 Å². The molecule has 1 heterocycles. The van der Waals surface area contributed by atoms with E-state index in [1.807, 2.05) is 24.3 Å². The van der Waals surface area contributed by atoms with E-state index in [0.29, 0.717) is 24.2 Å². The van der Waals surface area contributed by atoms with Crippen molar-refractivity contribution in [3.8, 4) is 17.4 Å². The zero-order valence-corrected chi connectivity index (χ0v) is 16.4. The molecule has 0 unspecified atom stereocenters. The minimum atomic E-state index is -0.296. The molecule has 4 rings (SSSR count). The second kappa shape index (κ2) is 9.55. The standard InChI is InChI=1S/C25H25FNO2/c26-21-11-15-24(16-12-21)29-25-8-4-7-22(27-25)18-28-23-13-9-20(10-14-23)17-19-5-2-1-3-6-19/h4,7-17,19H,1-3,5-6,18H2. The molecule has 0 amide bonds. The lowest BCUT2D eigenvalue weighted by molar-refractivity contribution is 0.299. The molecule has 1 aliphatic carbocycles. The molecule has 149 valence electrons. The fourth-order valence-corrected chi connectivity index (χ4v) is 3.62. The summed E-state index contributed by atoms with van der Waals surface area (Å²) in [5.74, 6) is 2.23. The van der Waals surface area contributed by atoms with Crippen LogP contribution in [0.3, 0.4) is 0 Å². The number of nitrogens with zero attached hydrogens (tertiary/aromatic N) is 1. The van der Waals surface area contributed by atoms with Gasteiger partial charge in [0.2, 0.25) is 5.88 Å². The molecule has 1 aromatic heterocycles. The first kappa shape index (κ1) is 19.4. The second-order valence-electron chi connectivity index (χ2n) is 7.45. The Labute approximate surface area is 171 Å². The molecule has 1 aliphatic rings. The lowest BCUT2D eigenvalue weighted by Crippen LogP contribution is -2.07. The smallest absolute Gasteiger partial charge is 0.219 e. The molecule has 1 fully saturated rings. The maximum Gasteiger partial charge on any atom is 0.219 e. The molecule has 3 aromatic rings. The minimum absolute atomic E-state index is 0.296. The van der Waals surface area contributed by atoms with E-state index >= 15 is 0 Å². The van der Waals surface area contributed by atoms with Gasteiger partial charge in [0.15, 0.2) is 0 Å². The Hall–Kier alpha value is -2.88. The molecule has 0 aliphatic heterocycles. The monoisotopic (exact) mass is 390 g/mol. The molecule has 3 nitrogen and oxygen atoms in total. The lowest BCUT2D eigenvalue weighted by atomic mass is 9.85. The highest BCUT2D eigenvalue weighted by molar-refractivity contribution is 5.32. The molecule has 0 saturated heterocycles. The van der Waals surface area contributed by atoms with Crippen LogP contribution in [-0.2, 0) is 6.61 Å². The predicted molar refractivity (Wildman–Crippen MR) is 111 cm³/mol. The summed E-state index contributed by atoms with van der Waals surface area (Å²) < 4.78 is 24.6. The van der Waals surface area contributed by atoms with Crippen LogP contribution in [0.25, 0.3) is 0 Å². The molecular weight excluding hydrogens is 365 g/mol. The molecule has 1 radical (unpaired) electrons. The van der Waals surface area contributed by atoms with Crippen LogP contribution in [-0.4, -0.2) is 4.98 Å². The van der Waals surface area contributed by atoms with Crippen LogP contribution in [0.2, 0.25) is 0 Å². The third-order valence-electron chi connectivity index (χ3n) is 5.16. The predicted octanol–water partition coefficient (Wildman–Crippen LogP) is 6.72. The molecule has 0 spiro atoms. The maximum absolute atomic E-state index is 13.0. The molecule has 1 saturated carbocycles. The summed E-state index contributed by atoms with van der Waals surface area (Å²) in [5.41, 5.74) is 2.03. The van der Waals surface area contributed by atoms with Crippen molar-refractivity contribution in [2.75, 3.05) is 0 Å². The number of hydrogen-bond donors (Lipinski definition) is 0. The maximum atomic E-state index is 13.0. The van der Waals surface area contributed by atoms with Gasteiger partial charge in [-0.15, -0.1) is 0 Å². The van der Waals surface area contributed by atoms with Crippen molar-refractivity contribution in [3.63, 3.8) is 0 Å². The van der Waals surface area contributed by atoms with Gasteiger partial charge in [-0.05, 0) is 73.2 Å². The Morgan fingerprint density at radius 2 is 1.59 bits per heavy atom. The van der Waals surface area contributed by atoms with Gasteiger partial charge in [0, 0.05) is 6.07 Å². The van der Waals surface area contributed by atoms with E-state index in [-0.39, 0.29) is 5.82 Å². The molecule has 2 aromatic carbocycles. The van der Waals surface area contributed by atoms with Crippen LogP contribution in [0.1, 0.15) is 43.4 Å². The van der Waals surface area contributed by atoms with Gasteiger partial charge in [0.1, 0.15) is 23.9 Å². The number of rotatable bonds is 7. The number of aromatic nitrogens is 1. The first-order chi connectivity index (χ1) is 14.2. The van der Waals surface area contributed by atoms with E-state index in [9.17, 15) is 4.39 Å². The Balaban J connectivity index is 1.31. The van der Waals surface area contributed by atoms with Crippen LogP contribution >= 0.6 is 0 Å². The van der Waals surface area contributed by atoms with Crippen LogP contribution in [0.15, 0.2) is 66.7 Å². The van der Waals surface area contributed by atoms with Crippen molar-refractivity contribution in [2.24, 2.45) is 5.92 Å². The highest BCUT2D eigenvalue weighted by Gasteiger charge is 2.14. The van der Waals surface area contributed by atoms with Gasteiger partial charge < -0.3 is 9.47 Å². The highest BCUT2D eigenvalue weighted by atomic mass is 19.1.